The van der Waals surface area contributed by atoms with Crippen molar-refractivity contribution in [1.82, 2.24) is 4.90 Å². The molecular formula is C22H24N2O4. The average molecular weight is 380 g/mol. The molecule has 0 radical (unpaired) electrons. The lowest BCUT2D eigenvalue weighted by Gasteiger charge is -2.18. The Kier molecular flexibility index (Phi) is 6.32. The van der Waals surface area contributed by atoms with Crippen molar-refractivity contribution in [2.24, 2.45) is 0 Å². The van der Waals surface area contributed by atoms with E-state index >= 15 is 0 Å². The molecule has 1 N–H and O–H groups in total. The predicted molar refractivity (Wildman–Crippen MR) is 110 cm³/mol. The molecule has 6 heteroatoms. The van der Waals surface area contributed by atoms with E-state index in [2.05, 4.69) is 5.32 Å². The van der Waals surface area contributed by atoms with E-state index in [9.17, 15) is 9.59 Å². The van der Waals surface area contributed by atoms with Crippen molar-refractivity contribution in [2.75, 3.05) is 32.6 Å². The van der Waals surface area contributed by atoms with Gasteiger partial charge < -0.3 is 19.4 Å². The summed E-state index contributed by atoms with van der Waals surface area (Å²) < 4.78 is 10.3. The Labute approximate surface area is 163 Å². The third kappa shape index (κ3) is 4.91. The summed E-state index contributed by atoms with van der Waals surface area (Å²) in [5.74, 6) is 0.842. The van der Waals surface area contributed by atoms with Gasteiger partial charge in [-0.25, -0.2) is 4.79 Å². The molecular weight excluding hydrogens is 356 g/mol. The molecule has 146 valence electrons. The fourth-order valence-electron chi connectivity index (χ4n) is 2.97. The summed E-state index contributed by atoms with van der Waals surface area (Å²) in [5, 5.41) is 4.14. The van der Waals surface area contributed by atoms with Crippen LogP contribution in [-0.2, 0) is 11.2 Å². The number of anilines is 1. The van der Waals surface area contributed by atoms with Crippen LogP contribution in [0.4, 0.5) is 5.69 Å². The minimum absolute atomic E-state index is 0.0657. The number of ether oxygens (including phenoxy) is 1. The van der Waals surface area contributed by atoms with Gasteiger partial charge in [0.15, 0.2) is 0 Å². The summed E-state index contributed by atoms with van der Waals surface area (Å²) >= 11 is 0. The highest BCUT2D eigenvalue weighted by Gasteiger charge is 2.10. The Balaban J connectivity index is 1.49. The van der Waals surface area contributed by atoms with Crippen LogP contribution in [0.3, 0.4) is 0 Å². The van der Waals surface area contributed by atoms with Gasteiger partial charge in [0.2, 0.25) is 5.91 Å². The standard InChI is InChI=1S/C22H24N2O4/c1-24(21(25)14-16-8-10-17(27-2)11-9-16)13-5-12-23-19-15-22(26)28-20-7-4-3-6-18(19)20/h3-4,6-11,15,23H,5,12-14H2,1-2H3. The number of nitrogens with zero attached hydrogens (tertiary/aromatic N) is 1. The number of likely N-dealkylation sites (N-methyl/N-ethyl adjacent to an activating group) is 1. The summed E-state index contributed by atoms with van der Waals surface area (Å²) in [6, 6.07) is 16.4. The summed E-state index contributed by atoms with van der Waals surface area (Å²) in [7, 11) is 3.42. The van der Waals surface area contributed by atoms with Crippen LogP contribution in [0.25, 0.3) is 11.0 Å². The lowest BCUT2D eigenvalue weighted by molar-refractivity contribution is -0.129. The fourth-order valence-corrected chi connectivity index (χ4v) is 2.97. The van der Waals surface area contributed by atoms with Crippen molar-refractivity contribution in [3.63, 3.8) is 0 Å². The van der Waals surface area contributed by atoms with Gasteiger partial charge in [0.1, 0.15) is 11.3 Å². The van der Waals surface area contributed by atoms with Gasteiger partial charge in [-0.3, -0.25) is 4.79 Å². The molecule has 0 fully saturated rings. The molecule has 0 aliphatic carbocycles. The average Bonchev–Trinajstić information content (AvgIpc) is 2.71. The maximum atomic E-state index is 12.4. The van der Waals surface area contributed by atoms with Gasteiger partial charge in [-0.2, -0.15) is 0 Å². The largest absolute Gasteiger partial charge is 0.497 e. The number of fused-ring (bicyclic) bond motifs is 1. The molecule has 0 bridgehead atoms. The highest BCUT2D eigenvalue weighted by Crippen LogP contribution is 2.20. The first kappa shape index (κ1) is 19.5. The van der Waals surface area contributed by atoms with Gasteiger partial charge in [0.25, 0.3) is 0 Å². The molecule has 6 nitrogen and oxygen atoms in total. The van der Waals surface area contributed by atoms with Crippen LogP contribution in [0, 0.1) is 0 Å². The molecule has 0 spiro atoms. The van der Waals surface area contributed by atoms with E-state index < -0.39 is 0 Å². The number of amides is 1. The van der Waals surface area contributed by atoms with Crippen molar-refractivity contribution in [3.8, 4) is 5.75 Å². The first-order valence-corrected chi connectivity index (χ1v) is 9.20. The number of methoxy groups -OCH3 is 1. The van der Waals surface area contributed by atoms with Crippen LogP contribution in [0.2, 0.25) is 0 Å². The molecule has 0 unspecified atom stereocenters. The van der Waals surface area contributed by atoms with Crippen LogP contribution in [0.15, 0.2) is 63.8 Å². The molecule has 2 aromatic carbocycles. The second-order valence-electron chi connectivity index (χ2n) is 6.60. The molecule has 0 atom stereocenters. The molecule has 3 rings (SSSR count). The molecule has 0 aliphatic heterocycles. The van der Waals surface area contributed by atoms with E-state index in [4.69, 9.17) is 9.15 Å². The van der Waals surface area contributed by atoms with Gasteiger partial charge in [0, 0.05) is 31.6 Å². The lowest BCUT2D eigenvalue weighted by Crippen LogP contribution is -2.30. The zero-order chi connectivity index (χ0) is 19.9. The summed E-state index contributed by atoms with van der Waals surface area (Å²) in [4.78, 5) is 25.8. The zero-order valence-corrected chi connectivity index (χ0v) is 16.1. The minimum atomic E-state index is -0.381. The lowest BCUT2D eigenvalue weighted by atomic mass is 10.1. The van der Waals surface area contributed by atoms with E-state index in [1.165, 1.54) is 6.07 Å². The van der Waals surface area contributed by atoms with Gasteiger partial charge >= 0.3 is 5.63 Å². The van der Waals surface area contributed by atoms with E-state index in [1.807, 2.05) is 42.5 Å². The second kappa shape index (κ2) is 9.08. The Morgan fingerprint density at radius 2 is 1.89 bits per heavy atom. The summed E-state index contributed by atoms with van der Waals surface area (Å²) in [6.07, 6.45) is 1.12. The van der Waals surface area contributed by atoms with E-state index in [0.29, 0.717) is 25.1 Å². The SMILES string of the molecule is COc1ccc(CC(=O)N(C)CCCNc2cc(=O)oc3ccccc23)cc1. The van der Waals surface area contributed by atoms with Crippen molar-refractivity contribution >= 4 is 22.6 Å². The quantitative estimate of drug-likeness (QED) is 0.480. The molecule has 1 aromatic heterocycles. The summed E-state index contributed by atoms with van der Waals surface area (Å²) in [5.41, 5.74) is 1.88. The molecule has 3 aromatic rings. The fraction of sp³-hybridized carbons (Fsp3) is 0.273. The normalized spacial score (nSPS) is 10.6. The van der Waals surface area contributed by atoms with Gasteiger partial charge in [0.05, 0.1) is 19.2 Å². The maximum absolute atomic E-state index is 12.4. The Morgan fingerprint density at radius 1 is 1.14 bits per heavy atom. The topological polar surface area (TPSA) is 71.8 Å². The van der Waals surface area contributed by atoms with Crippen LogP contribution in [0.5, 0.6) is 5.75 Å². The van der Waals surface area contributed by atoms with E-state index in [-0.39, 0.29) is 11.5 Å². The molecule has 1 heterocycles. The van der Waals surface area contributed by atoms with Crippen molar-refractivity contribution in [1.29, 1.82) is 0 Å². The smallest absolute Gasteiger partial charge is 0.338 e. The van der Waals surface area contributed by atoms with Crippen LogP contribution in [0.1, 0.15) is 12.0 Å². The zero-order valence-electron chi connectivity index (χ0n) is 16.1. The molecule has 28 heavy (non-hydrogen) atoms. The molecule has 1 amide bonds. The minimum Gasteiger partial charge on any atom is -0.497 e. The summed E-state index contributed by atoms with van der Waals surface area (Å²) in [6.45, 7) is 1.27. The first-order chi connectivity index (χ1) is 13.6. The number of hydrogen-bond donors (Lipinski definition) is 1. The first-order valence-electron chi connectivity index (χ1n) is 9.20. The highest BCUT2D eigenvalue weighted by molar-refractivity contribution is 5.89. The number of carbonyl (C=O) groups excluding carboxylic acids is 1. The number of benzene rings is 2. The molecule has 0 saturated carbocycles. The third-order valence-corrected chi connectivity index (χ3v) is 4.58. The number of carbonyl (C=O) groups is 1. The molecule has 0 aliphatic rings. The number of nitrogens with one attached hydrogen (secondary N) is 1. The molecule has 0 saturated heterocycles. The van der Waals surface area contributed by atoms with Crippen molar-refractivity contribution in [2.45, 2.75) is 12.8 Å². The third-order valence-electron chi connectivity index (χ3n) is 4.58. The highest BCUT2D eigenvalue weighted by atomic mass is 16.5. The monoisotopic (exact) mass is 380 g/mol. The van der Waals surface area contributed by atoms with Gasteiger partial charge in [-0.1, -0.05) is 24.3 Å². The number of hydrogen-bond acceptors (Lipinski definition) is 5. The number of rotatable bonds is 8. The second-order valence-corrected chi connectivity index (χ2v) is 6.60. The van der Waals surface area contributed by atoms with E-state index in [1.54, 1.807) is 25.1 Å². The Bertz CT molecular complexity index is 995. The van der Waals surface area contributed by atoms with Crippen molar-refractivity contribution in [3.05, 3.63) is 70.6 Å². The van der Waals surface area contributed by atoms with Gasteiger partial charge in [-0.05, 0) is 36.2 Å². The van der Waals surface area contributed by atoms with Crippen LogP contribution >= 0.6 is 0 Å². The Morgan fingerprint density at radius 3 is 2.64 bits per heavy atom. The number of para-hydroxylation sites is 1. The Hall–Kier alpha value is -3.28. The van der Waals surface area contributed by atoms with Crippen LogP contribution < -0.4 is 15.7 Å². The van der Waals surface area contributed by atoms with Crippen molar-refractivity contribution < 1.29 is 13.9 Å². The van der Waals surface area contributed by atoms with Crippen LogP contribution in [-0.4, -0.2) is 38.1 Å². The van der Waals surface area contributed by atoms with E-state index in [0.717, 1.165) is 28.8 Å². The maximum Gasteiger partial charge on any atom is 0.338 e. The van der Waals surface area contributed by atoms with Gasteiger partial charge in [-0.15, -0.1) is 0 Å². The predicted octanol–water partition coefficient (Wildman–Crippen LogP) is 3.30.